The molecule has 2 aromatic rings. The third-order valence-electron chi connectivity index (χ3n) is 3.11. The second kappa shape index (κ2) is 6.55. The molecule has 21 heavy (non-hydrogen) atoms. The first-order valence-electron chi connectivity index (χ1n) is 6.65. The SMILES string of the molecule is CC(O)c1cc([N+](=O)[O-])c(N(Cc2cccs2)C(C)C)s1. The number of anilines is 1. The first-order valence-corrected chi connectivity index (χ1v) is 8.35. The molecule has 5 nitrogen and oxygen atoms in total. The van der Waals surface area contributed by atoms with Gasteiger partial charge in [-0.2, -0.15) is 0 Å². The summed E-state index contributed by atoms with van der Waals surface area (Å²) in [5, 5.41) is 23.6. The molecule has 7 heteroatoms. The fraction of sp³-hybridized carbons (Fsp3) is 0.429. The lowest BCUT2D eigenvalue weighted by atomic mass is 10.2. The zero-order valence-electron chi connectivity index (χ0n) is 12.1. The van der Waals surface area contributed by atoms with Crippen molar-refractivity contribution < 1.29 is 10.0 Å². The summed E-state index contributed by atoms with van der Waals surface area (Å²) < 4.78 is 0. The minimum atomic E-state index is -0.696. The molecule has 114 valence electrons. The highest BCUT2D eigenvalue weighted by molar-refractivity contribution is 7.16. The highest BCUT2D eigenvalue weighted by atomic mass is 32.1. The van der Waals surface area contributed by atoms with Gasteiger partial charge in [0.05, 0.1) is 17.6 Å². The minimum absolute atomic E-state index is 0.0705. The van der Waals surface area contributed by atoms with Crippen LogP contribution in [0.2, 0.25) is 0 Å². The fourth-order valence-electron chi connectivity index (χ4n) is 1.99. The van der Waals surface area contributed by atoms with E-state index in [1.54, 1.807) is 18.3 Å². The third kappa shape index (κ3) is 3.61. The number of aliphatic hydroxyl groups is 1. The maximum absolute atomic E-state index is 11.3. The molecule has 2 rings (SSSR count). The van der Waals surface area contributed by atoms with Crippen molar-refractivity contribution in [2.75, 3.05) is 4.90 Å². The molecule has 0 saturated heterocycles. The van der Waals surface area contributed by atoms with Crippen LogP contribution in [0.15, 0.2) is 23.6 Å². The van der Waals surface area contributed by atoms with Crippen LogP contribution >= 0.6 is 22.7 Å². The summed E-state index contributed by atoms with van der Waals surface area (Å²) in [4.78, 5) is 14.7. The Morgan fingerprint density at radius 1 is 1.43 bits per heavy atom. The zero-order chi connectivity index (χ0) is 15.6. The van der Waals surface area contributed by atoms with Gasteiger partial charge >= 0.3 is 5.69 Å². The zero-order valence-corrected chi connectivity index (χ0v) is 13.8. The Balaban J connectivity index is 2.41. The first kappa shape index (κ1) is 15.9. The van der Waals surface area contributed by atoms with Crippen LogP contribution in [0.3, 0.4) is 0 Å². The van der Waals surface area contributed by atoms with Crippen molar-refractivity contribution in [3.8, 4) is 0 Å². The van der Waals surface area contributed by atoms with Crippen molar-refractivity contribution >= 4 is 33.4 Å². The van der Waals surface area contributed by atoms with E-state index in [9.17, 15) is 15.2 Å². The van der Waals surface area contributed by atoms with E-state index < -0.39 is 6.10 Å². The Hall–Kier alpha value is -1.44. The smallest absolute Gasteiger partial charge is 0.304 e. The third-order valence-corrected chi connectivity index (χ3v) is 5.30. The first-order chi connectivity index (χ1) is 9.90. The Kier molecular flexibility index (Phi) is 4.97. The van der Waals surface area contributed by atoms with Gasteiger partial charge in [-0.15, -0.1) is 22.7 Å². The average molecular weight is 326 g/mol. The lowest BCUT2D eigenvalue weighted by molar-refractivity contribution is -0.383. The van der Waals surface area contributed by atoms with E-state index in [-0.39, 0.29) is 16.7 Å². The van der Waals surface area contributed by atoms with E-state index in [1.165, 1.54) is 17.4 Å². The van der Waals surface area contributed by atoms with E-state index >= 15 is 0 Å². The lowest BCUT2D eigenvalue weighted by Crippen LogP contribution is -2.29. The van der Waals surface area contributed by atoms with Gasteiger partial charge in [-0.25, -0.2) is 0 Å². The molecule has 0 aliphatic rings. The summed E-state index contributed by atoms with van der Waals surface area (Å²) in [6.07, 6.45) is -0.696. The molecule has 0 saturated carbocycles. The topological polar surface area (TPSA) is 66.6 Å². The molecule has 2 aromatic heterocycles. The van der Waals surface area contributed by atoms with Crippen LogP contribution in [0.5, 0.6) is 0 Å². The van der Waals surface area contributed by atoms with Crippen molar-refractivity contribution in [1.29, 1.82) is 0 Å². The number of rotatable bonds is 6. The predicted molar refractivity (Wildman–Crippen MR) is 87.2 cm³/mol. The van der Waals surface area contributed by atoms with Crippen LogP contribution in [-0.2, 0) is 6.54 Å². The van der Waals surface area contributed by atoms with Gasteiger partial charge < -0.3 is 10.0 Å². The van der Waals surface area contributed by atoms with Crippen molar-refractivity contribution in [2.24, 2.45) is 0 Å². The number of aliphatic hydroxyl groups excluding tert-OH is 1. The highest BCUT2D eigenvalue weighted by Gasteiger charge is 2.27. The molecule has 0 radical (unpaired) electrons. The fourth-order valence-corrected chi connectivity index (χ4v) is 3.89. The highest BCUT2D eigenvalue weighted by Crippen LogP contribution is 2.41. The average Bonchev–Trinajstić information content (AvgIpc) is 3.04. The molecule has 0 aliphatic carbocycles. The van der Waals surface area contributed by atoms with Crippen molar-refractivity contribution in [3.63, 3.8) is 0 Å². The van der Waals surface area contributed by atoms with Crippen molar-refractivity contribution in [3.05, 3.63) is 43.4 Å². The van der Waals surface area contributed by atoms with E-state index in [1.807, 2.05) is 36.3 Å². The van der Waals surface area contributed by atoms with Crippen LogP contribution in [-0.4, -0.2) is 16.1 Å². The number of thiophene rings is 2. The number of nitro groups is 1. The van der Waals surface area contributed by atoms with Gasteiger partial charge in [0.2, 0.25) is 0 Å². The summed E-state index contributed by atoms with van der Waals surface area (Å²) in [5.74, 6) is 0. The quantitative estimate of drug-likeness (QED) is 0.638. The van der Waals surface area contributed by atoms with E-state index in [0.29, 0.717) is 16.4 Å². The maximum Gasteiger partial charge on any atom is 0.304 e. The lowest BCUT2D eigenvalue weighted by Gasteiger charge is -2.26. The summed E-state index contributed by atoms with van der Waals surface area (Å²) in [7, 11) is 0. The van der Waals surface area contributed by atoms with Crippen molar-refractivity contribution in [1.82, 2.24) is 0 Å². The molecule has 2 heterocycles. The molecular formula is C14H18N2O3S2. The molecular weight excluding hydrogens is 308 g/mol. The standard InChI is InChI=1S/C14H18N2O3S2/c1-9(2)15(8-11-5-4-6-20-11)14-12(16(18)19)7-13(21-14)10(3)17/h4-7,9-10,17H,8H2,1-3H3. The molecule has 0 fully saturated rings. The van der Waals surface area contributed by atoms with Gasteiger partial charge in [0, 0.05) is 21.9 Å². The van der Waals surface area contributed by atoms with Gasteiger partial charge in [0.15, 0.2) is 5.00 Å². The van der Waals surface area contributed by atoms with Crippen LogP contribution in [0.25, 0.3) is 0 Å². The normalized spacial score (nSPS) is 12.6. The van der Waals surface area contributed by atoms with Crippen molar-refractivity contribution in [2.45, 2.75) is 39.5 Å². The summed E-state index contributed by atoms with van der Waals surface area (Å²) >= 11 is 2.93. The molecule has 1 atom stereocenters. The summed E-state index contributed by atoms with van der Waals surface area (Å²) in [5.41, 5.74) is 0.0705. The van der Waals surface area contributed by atoms with Crippen LogP contribution in [0, 0.1) is 10.1 Å². The van der Waals surface area contributed by atoms with Gasteiger partial charge in [0.25, 0.3) is 0 Å². The summed E-state index contributed by atoms with van der Waals surface area (Å²) in [6, 6.07) is 5.61. The Bertz CT molecular complexity index is 606. The molecule has 1 unspecified atom stereocenters. The largest absolute Gasteiger partial charge is 0.388 e. The minimum Gasteiger partial charge on any atom is -0.388 e. The Labute approximate surface area is 131 Å². The molecule has 0 bridgehead atoms. The maximum atomic E-state index is 11.3. The predicted octanol–water partition coefficient (Wildman–Crippen LogP) is 4.19. The second-order valence-corrected chi connectivity index (χ2v) is 7.17. The van der Waals surface area contributed by atoms with Crippen LogP contribution in [0.4, 0.5) is 10.7 Å². The molecule has 0 aromatic carbocycles. The van der Waals surface area contributed by atoms with Gasteiger partial charge in [-0.05, 0) is 32.2 Å². The Morgan fingerprint density at radius 3 is 2.62 bits per heavy atom. The molecule has 0 aliphatic heterocycles. The number of hydrogen-bond donors (Lipinski definition) is 1. The molecule has 0 spiro atoms. The number of hydrogen-bond acceptors (Lipinski definition) is 6. The van der Waals surface area contributed by atoms with E-state index in [2.05, 4.69) is 0 Å². The van der Waals surface area contributed by atoms with E-state index in [0.717, 1.165) is 4.88 Å². The number of nitrogens with zero attached hydrogens (tertiary/aromatic N) is 2. The van der Waals surface area contributed by atoms with Gasteiger partial charge in [-0.3, -0.25) is 10.1 Å². The molecule has 0 amide bonds. The van der Waals surface area contributed by atoms with Crippen LogP contribution in [0.1, 0.15) is 36.6 Å². The monoisotopic (exact) mass is 326 g/mol. The van der Waals surface area contributed by atoms with Gasteiger partial charge in [-0.1, -0.05) is 6.07 Å². The van der Waals surface area contributed by atoms with E-state index in [4.69, 9.17) is 0 Å². The van der Waals surface area contributed by atoms with Gasteiger partial charge in [0.1, 0.15) is 0 Å². The summed E-state index contributed by atoms with van der Waals surface area (Å²) in [6.45, 7) is 6.28. The second-order valence-electron chi connectivity index (χ2n) is 5.07. The molecule has 1 N–H and O–H groups in total. The Morgan fingerprint density at radius 2 is 2.14 bits per heavy atom. The van der Waals surface area contributed by atoms with Crippen LogP contribution < -0.4 is 4.90 Å².